The largest absolute Gasteiger partial charge is 0.494 e. The molecule has 25 heavy (non-hydrogen) atoms. The van der Waals surface area contributed by atoms with Crippen molar-refractivity contribution in [2.45, 2.75) is 50.3 Å². The van der Waals surface area contributed by atoms with E-state index in [1.807, 2.05) is 6.92 Å². The Balaban J connectivity index is 2.97. The quantitative estimate of drug-likeness (QED) is 0.402. The van der Waals surface area contributed by atoms with Crippen LogP contribution in [0.25, 0.3) is 0 Å². The Hall–Kier alpha value is -1.51. The first kappa shape index (κ1) is 21.5. The molecule has 0 N–H and O–H groups in total. The van der Waals surface area contributed by atoms with Gasteiger partial charge in [-0.2, -0.15) is 30.7 Å². The molecule has 0 aliphatic rings. The summed E-state index contributed by atoms with van der Waals surface area (Å²) in [5.74, 6) is -11.2. The van der Waals surface area contributed by atoms with Gasteiger partial charge in [0.05, 0.1) is 12.7 Å². The maximum atomic E-state index is 13.6. The van der Waals surface area contributed by atoms with E-state index in [9.17, 15) is 30.7 Å². The van der Waals surface area contributed by atoms with Gasteiger partial charge in [-0.05, 0) is 24.1 Å². The second kappa shape index (κ2) is 8.25. The SMILES string of the molecule is CCCCOc1cccc(C(CC(F)(F)C(F)(F)C(F)(F)F)OC)c1. The van der Waals surface area contributed by atoms with Crippen LogP contribution in [0.2, 0.25) is 0 Å². The van der Waals surface area contributed by atoms with E-state index >= 15 is 0 Å². The number of halogens is 7. The van der Waals surface area contributed by atoms with E-state index in [0.29, 0.717) is 12.4 Å². The molecule has 0 bridgehead atoms. The third-order valence-electron chi connectivity index (χ3n) is 3.54. The molecule has 0 aromatic heterocycles. The molecule has 1 aromatic rings. The van der Waals surface area contributed by atoms with Crippen LogP contribution in [0.3, 0.4) is 0 Å². The van der Waals surface area contributed by atoms with E-state index in [1.165, 1.54) is 24.3 Å². The summed E-state index contributed by atoms with van der Waals surface area (Å²) < 4.78 is 100. The van der Waals surface area contributed by atoms with Crippen LogP contribution in [0.5, 0.6) is 5.75 Å². The lowest BCUT2D eigenvalue weighted by atomic mass is 9.98. The number of ether oxygens (including phenoxy) is 2. The minimum atomic E-state index is -6.36. The van der Waals surface area contributed by atoms with Crippen molar-refractivity contribution in [3.05, 3.63) is 29.8 Å². The maximum absolute atomic E-state index is 13.6. The van der Waals surface area contributed by atoms with Crippen LogP contribution in [-0.2, 0) is 4.74 Å². The van der Waals surface area contributed by atoms with E-state index in [4.69, 9.17) is 9.47 Å². The highest BCUT2D eigenvalue weighted by molar-refractivity contribution is 5.30. The third kappa shape index (κ3) is 5.23. The first-order valence-corrected chi connectivity index (χ1v) is 7.54. The van der Waals surface area contributed by atoms with Crippen molar-refractivity contribution >= 4 is 0 Å². The highest BCUT2D eigenvalue weighted by Crippen LogP contribution is 2.50. The Bertz CT molecular complexity index is 544. The van der Waals surface area contributed by atoms with Crippen LogP contribution in [0.1, 0.15) is 37.9 Å². The maximum Gasteiger partial charge on any atom is 0.459 e. The molecule has 144 valence electrons. The lowest BCUT2D eigenvalue weighted by Gasteiger charge is -2.30. The average molecular weight is 376 g/mol. The molecular weight excluding hydrogens is 357 g/mol. The fourth-order valence-corrected chi connectivity index (χ4v) is 2.04. The molecule has 0 saturated carbocycles. The Morgan fingerprint density at radius 2 is 1.68 bits per heavy atom. The molecule has 0 aliphatic heterocycles. The molecule has 1 atom stereocenters. The van der Waals surface area contributed by atoms with Gasteiger partial charge in [0.1, 0.15) is 5.75 Å². The van der Waals surface area contributed by atoms with Gasteiger partial charge < -0.3 is 9.47 Å². The van der Waals surface area contributed by atoms with E-state index in [2.05, 4.69) is 0 Å². The Morgan fingerprint density at radius 3 is 2.20 bits per heavy atom. The number of methoxy groups -OCH3 is 1. The predicted octanol–water partition coefficient (Wildman–Crippen LogP) is 5.78. The van der Waals surface area contributed by atoms with Gasteiger partial charge in [0.25, 0.3) is 0 Å². The van der Waals surface area contributed by atoms with Gasteiger partial charge in [0.2, 0.25) is 0 Å². The summed E-state index contributed by atoms with van der Waals surface area (Å²) in [4.78, 5) is 0. The van der Waals surface area contributed by atoms with Gasteiger partial charge in [-0.15, -0.1) is 0 Å². The van der Waals surface area contributed by atoms with Crippen molar-refractivity contribution in [2.75, 3.05) is 13.7 Å². The zero-order valence-corrected chi connectivity index (χ0v) is 13.7. The molecule has 0 radical (unpaired) electrons. The van der Waals surface area contributed by atoms with Crippen LogP contribution in [-0.4, -0.2) is 31.7 Å². The van der Waals surface area contributed by atoms with Gasteiger partial charge in [-0.25, -0.2) is 0 Å². The molecule has 1 aromatic carbocycles. The molecule has 0 aliphatic carbocycles. The Labute approximate surface area is 140 Å². The lowest BCUT2D eigenvalue weighted by Crippen LogP contribution is -2.52. The van der Waals surface area contributed by atoms with Crippen LogP contribution in [0, 0.1) is 0 Å². The molecule has 0 amide bonds. The van der Waals surface area contributed by atoms with Crippen molar-refractivity contribution in [2.24, 2.45) is 0 Å². The van der Waals surface area contributed by atoms with Crippen molar-refractivity contribution in [1.29, 1.82) is 0 Å². The van der Waals surface area contributed by atoms with Gasteiger partial charge in [-0.3, -0.25) is 0 Å². The van der Waals surface area contributed by atoms with Crippen LogP contribution < -0.4 is 4.74 Å². The van der Waals surface area contributed by atoms with Crippen molar-refractivity contribution in [3.63, 3.8) is 0 Å². The second-order valence-electron chi connectivity index (χ2n) is 5.48. The third-order valence-corrected chi connectivity index (χ3v) is 3.54. The smallest absolute Gasteiger partial charge is 0.459 e. The molecule has 9 heteroatoms. The number of alkyl halides is 7. The normalized spacial score (nSPS) is 14.4. The molecule has 0 fully saturated rings. The average Bonchev–Trinajstić information content (AvgIpc) is 2.52. The summed E-state index contributed by atoms with van der Waals surface area (Å²) >= 11 is 0. The Kier molecular flexibility index (Phi) is 7.10. The number of benzene rings is 1. The summed E-state index contributed by atoms with van der Waals surface area (Å²) in [6, 6.07) is 5.52. The van der Waals surface area contributed by atoms with E-state index in [0.717, 1.165) is 20.0 Å². The lowest BCUT2D eigenvalue weighted by molar-refractivity contribution is -0.358. The summed E-state index contributed by atoms with van der Waals surface area (Å²) in [5.41, 5.74) is 0.0224. The highest BCUT2D eigenvalue weighted by Gasteiger charge is 2.73. The molecule has 0 saturated heterocycles. The topological polar surface area (TPSA) is 18.5 Å². The summed E-state index contributed by atoms with van der Waals surface area (Å²) in [6.45, 7) is 2.30. The molecule has 1 unspecified atom stereocenters. The van der Waals surface area contributed by atoms with Gasteiger partial charge in [0, 0.05) is 13.5 Å². The minimum absolute atomic E-state index is 0.0224. The fraction of sp³-hybridized carbons (Fsp3) is 0.625. The summed E-state index contributed by atoms with van der Waals surface area (Å²) in [6.07, 6.45) is -8.24. The summed E-state index contributed by atoms with van der Waals surface area (Å²) in [5, 5.41) is 0. The van der Waals surface area contributed by atoms with Gasteiger partial charge in [-0.1, -0.05) is 25.5 Å². The van der Waals surface area contributed by atoms with Crippen molar-refractivity contribution in [3.8, 4) is 5.75 Å². The van der Waals surface area contributed by atoms with Gasteiger partial charge in [0.15, 0.2) is 0 Å². The van der Waals surface area contributed by atoms with Crippen molar-refractivity contribution < 1.29 is 40.2 Å². The zero-order chi connectivity index (χ0) is 19.3. The highest BCUT2D eigenvalue weighted by atomic mass is 19.4. The standard InChI is InChI=1S/C16H19F7O2/c1-3-4-8-25-12-7-5-6-11(9-12)13(24-2)10-14(17,18)15(19,20)16(21,22)23/h5-7,9,13H,3-4,8,10H2,1-2H3. The van der Waals surface area contributed by atoms with Crippen LogP contribution in [0.15, 0.2) is 24.3 Å². The molecular formula is C16H19F7O2. The predicted molar refractivity (Wildman–Crippen MR) is 77.2 cm³/mol. The summed E-state index contributed by atoms with van der Waals surface area (Å²) in [7, 11) is 0.955. The molecule has 0 spiro atoms. The van der Waals surface area contributed by atoms with Gasteiger partial charge >= 0.3 is 18.0 Å². The minimum Gasteiger partial charge on any atom is -0.494 e. The van der Waals surface area contributed by atoms with E-state index in [1.54, 1.807) is 0 Å². The van der Waals surface area contributed by atoms with Crippen LogP contribution >= 0.6 is 0 Å². The number of unbranched alkanes of at least 4 members (excludes halogenated alkanes) is 1. The first-order valence-electron chi connectivity index (χ1n) is 7.54. The van der Waals surface area contributed by atoms with E-state index in [-0.39, 0.29) is 5.56 Å². The van der Waals surface area contributed by atoms with Crippen LogP contribution in [0.4, 0.5) is 30.7 Å². The van der Waals surface area contributed by atoms with Crippen molar-refractivity contribution in [1.82, 2.24) is 0 Å². The van der Waals surface area contributed by atoms with E-state index < -0.39 is 30.5 Å². The monoisotopic (exact) mass is 376 g/mol. The molecule has 2 nitrogen and oxygen atoms in total. The number of hydrogen-bond acceptors (Lipinski definition) is 2. The second-order valence-corrected chi connectivity index (χ2v) is 5.48. The Morgan fingerprint density at radius 1 is 1.04 bits per heavy atom. The zero-order valence-electron chi connectivity index (χ0n) is 13.7. The fourth-order valence-electron chi connectivity index (χ4n) is 2.04. The first-order chi connectivity index (χ1) is 11.5. The number of rotatable bonds is 9. The molecule has 0 heterocycles. The number of hydrogen-bond donors (Lipinski definition) is 0. The molecule has 1 rings (SSSR count).